The van der Waals surface area contributed by atoms with Crippen molar-refractivity contribution in [3.05, 3.63) is 86.3 Å². The number of nitro benzene ring substituents is 1. The molecule has 172 valence electrons. The number of amides is 1. The minimum Gasteiger partial charge on any atom is -0.320 e. The van der Waals surface area contributed by atoms with Crippen molar-refractivity contribution in [1.29, 1.82) is 0 Å². The molecule has 0 bridgehead atoms. The Labute approximate surface area is 188 Å². The second-order valence-electron chi connectivity index (χ2n) is 6.73. The lowest BCUT2D eigenvalue weighted by molar-refractivity contribution is -0.384. The van der Waals surface area contributed by atoms with E-state index in [1.54, 1.807) is 6.07 Å². The summed E-state index contributed by atoms with van der Waals surface area (Å²) in [5.41, 5.74) is -0.831. The molecule has 12 nitrogen and oxygen atoms in total. The molecule has 0 saturated heterocycles. The highest BCUT2D eigenvalue weighted by Gasteiger charge is 2.22. The van der Waals surface area contributed by atoms with E-state index in [9.17, 15) is 28.1 Å². The molecule has 0 atom stereocenters. The minimum atomic E-state index is -3.87. The van der Waals surface area contributed by atoms with Gasteiger partial charge in [0.05, 0.1) is 16.9 Å². The van der Waals surface area contributed by atoms with E-state index in [0.29, 0.717) is 10.2 Å². The molecule has 0 aliphatic rings. The van der Waals surface area contributed by atoms with E-state index < -0.39 is 32.0 Å². The van der Waals surface area contributed by atoms with Crippen LogP contribution in [0, 0.1) is 17.0 Å². The van der Waals surface area contributed by atoms with Crippen molar-refractivity contribution in [2.75, 3.05) is 19.5 Å². The summed E-state index contributed by atoms with van der Waals surface area (Å²) >= 11 is 0. The molecule has 13 heteroatoms. The number of aryl methyl sites for hydroxylation is 1. The number of nitro groups is 1. The largest absolute Gasteiger partial charge is 0.320 e. The number of hydroxylamine groups is 1. The number of nitrogens with one attached hydrogen (secondary N) is 1. The number of rotatable bonds is 7. The van der Waals surface area contributed by atoms with Crippen molar-refractivity contribution in [1.82, 2.24) is 14.2 Å². The lowest BCUT2D eigenvalue weighted by Gasteiger charge is -2.14. The standard InChI is InChI=1S/C20H19N5O7S/c1-13-12-18(26)19(22-24(13)16-6-4-5-7-17(16)25(28)29)20(27)21-14-8-10-15(11-9-14)33(30,31)23(2)32-3/h4-12H,1-3H3,(H,21,27). The minimum absolute atomic E-state index is 0.0722. The topological polar surface area (TPSA) is 154 Å². The van der Waals surface area contributed by atoms with Gasteiger partial charge in [0.15, 0.2) is 5.69 Å². The van der Waals surface area contributed by atoms with Gasteiger partial charge in [0.1, 0.15) is 5.69 Å². The van der Waals surface area contributed by atoms with Gasteiger partial charge >= 0.3 is 0 Å². The zero-order chi connectivity index (χ0) is 24.3. The average Bonchev–Trinajstić information content (AvgIpc) is 2.78. The molecule has 1 amide bonds. The number of anilines is 1. The Morgan fingerprint density at radius 1 is 1.18 bits per heavy atom. The van der Waals surface area contributed by atoms with Crippen molar-refractivity contribution in [3.63, 3.8) is 0 Å². The maximum absolute atomic E-state index is 12.7. The van der Waals surface area contributed by atoms with E-state index >= 15 is 0 Å². The monoisotopic (exact) mass is 473 g/mol. The highest BCUT2D eigenvalue weighted by Crippen LogP contribution is 2.22. The lowest BCUT2D eigenvalue weighted by atomic mass is 10.2. The molecule has 0 radical (unpaired) electrons. The van der Waals surface area contributed by atoms with Gasteiger partial charge in [-0.1, -0.05) is 16.6 Å². The Hall–Kier alpha value is -3.94. The second-order valence-corrected chi connectivity index (χ2v) is 8.67. The summed E-state index contributed by atoms with van der Waals surface area (Å²) in [6, 6.07) is 12.1. The Morgan fingerprint density at radius 3 is 2.42 bits per heavy atom. The molecule has 0 saturated carbocycles. The van der Waals surface area contributed by atoms with Crippen molar-refractivity contribution in [2.45, 2.75) is 11.8 Å². The van der Waals surface area contributed by atoms with Gasteiger partial charge in [-0.25, -0.2) is 13.1 Å². The van der Waals surface area contributed by atoms with Gasteiger partial charge in [-0.05, 0) is 37.3 Å². The summed E-state index contributed by atoms with van der Waals surface area (Å²) in [5.74, 6) is -0.864. The van der Waals surface area contributed by atoms with Gasteiger partial charge in [0.2, 0.25) is 5.43 Å². The number of para-hydroxylation sites is 2. The van der Waals surface area contributed by atoms with E-state index in [-0.39, 0.29) is 22.0 Å². The van der Waals surface area contributed by atoms with Gasteiger partial charge in [-0.15, -0.1) is 0 Å². The number of aromatic nitrogens is 2. The SMILES string of the molecule is CON(C)S(=O)(=O)c1ccc(NC(=O)c2nn(-c3ccccc3[N+](=O)[O-])c(C)cc2=O)cc1. The molecule has 2 aromatic carbocycles. The molecule has 0 aliphatic carbocycles. The molecular weight excluding hydrogens is 454 g/mol. The highest BCUT2D eigenvalue weighted by molar-refractivity contribution is 7.89. The fraction of sp³-hybridized carbons (Fsp3) is 0.150. The van der Waals surface area contributed by atoms with Gasteiger partial charge in [-0.2, -0.15) is 5.10 Å². The van der Waals surface area contributed by atoms with Crippen LogP contribution >= 0.6 is 0 Å². The zero-order valence-electron chi connectivity index (χ0n) is 17.8. The molecule has 1 aromatic heterocycles. The number of sulfonamides is 1. The summed E-state index contributed by atoms with van der Waals surface area (Å²) in [5, 5.41) is 17.9. The number of hydrogen-bond donors (Lipinski definition) is 1. The van der Waals surface area contributed by atoms with Gasteiger partial charge in [0, 0.05) is 30.6 Å². The normalized spacial score (nSPS) is 11.4. The fourth-order valence-electron chi connectivity index (χ4n) is 2.89. The molecule has 33 heavy (non-hydrogen) atoms. The molecule has 0 fully saturated rings. The Bertz CT molecular complexity index is 1380. The van der Waals surface area contributed by atoms with E-state index in [4.69, 9.17) is 4.84 Å². The molecule has 0 aliphatic heterocycles. The van der Waals surface area contributed by atoms with Crippen LogP contribution in [0.4, 0.5) is 11.4 Å². The van der Waals surface area contributed by atoms with Crippen LogP contribution in [-0.2, 0) is 14.9 Å². The summed E-state index contributed by atoms with van der Waals surface area (Å²) in [6.07, 6.45) is 0. The lowest BCUT2D eigenvalue weighted by Crippen LogP contribution is -2.27. The van der Waals surface area contributed by atoms with Crippen LogP contribution in [0.2, 0.25) is 0 Å². The zero-order valence-corrected chi connectivity index (χ0v) is 18.6. The number of benzene rings is 2. The summed E-state index contributed by atoms with van der Waals surface area (Å²) < 4.78 is 26.3. The van der Waals surface area contributed by atoms with Crippen LogP contribution < -0.4 is 10.7 Å². The molecule has 1 N–H and O–H groups in total. The third-order valence-electron chi connectivity index (χ3n) is 4.63. The average molecular weight is 473 g/mol. The number of carbonyl (C=O) groups is 1. The first-order valence-electron chi connectivity index (χ1n) is 9.35. The first-order chi connectivity index (χ1) is 15.6. The Balaban J connectivity index is 1.94. The molecular formula is C20H19N5O7S. The predicted octanol–water partition coefficient (Wildman–Crippen LogP) is 1.88. The first kappa shape index (κ1) is 23.7. The van der Waals surface area contributed by atoms with Crippen LogP contribution in [0.1, 0.15) is 16.2 Å². The van der Waals surface area contributed by atoms with E-state index in [0.717, 1.165) is 10.7 Å². The number of nitrogens with zero attached hydrogens (tertiary/aromatic N) is 4. The predicted molar refractivity (Wildman–Crippen MR) is 118 cm³/mol. The molecule has 3 rings (SSSR count). The van der Waals surface area contributed by atoms with Crippen LogP contribution in [0.15, 0.2) is 64.3 Å². The van der Waals surface area contributed by atoms with Gasteiger partial charge < -0.3 is 5.32 Å². The van der Waals surface area contributed by atoms with E-state index in [2.05, 4.69) is 10.4 Å². The van der Waals surface area contributed by atoms with Crippen molar-refractivity contribution >= 4 is 27.3 Å². The Morgan fingerprint density at radius 2 is 1.82 bits per heavy atom. The maximum Gasteiger partial charge on any atom is 0.294 e. The number of carbonyl (C=O) groups excluding carboxylic acids is 1. The maximum atomic E-state index is 12.7. The summed E-state index contributed by atoms with van der Waals surface area (Å²) in [6.45, 7) is 1.53. The van der Waals surface area contributed by atoms with Gasteiger partial charge in [0.25, 0.3) is 21.6 Å². The van der Waals surface area contributed by atoms with Crippen molar-refractivity contribution < 1.29 is 23.0 Å². The molecule has 0 spiro atoms. The second kappa shape index (κ2) is 9.28. The van der Waals surface area contributed by atoms with Crippen molar-refractivity contribution in [3.8, 4) is 5.69 Å². The van der Waals surface area contributed by atoms with Gasteiger partial charge in [-0.3, -0.25) is 24.5 Å². The smallest absolute Gasteiger partial charge is 0.294 e. The van der Waals surface area contributed by atoms with Crippen LogP contribution in [-0.4, -0.2) is 47.7 Å². The van der Waals surface area contributed by atoms with Crippen LogP contribution in [0.25, 0.3) is 5.69 Å². The van der Waals surface area contributed by atoms with Crippen LogP contribution in [0.5, 0.6) is 0 Å². The first-order valence-corrected chi connectivity index (χ1v) is 10.8. The van der Waals surface area contributed by atoms with Crippen molar-refractivity contribution in [2.24, 2.45) is 0 Å². The quantitative estimate of drug-likeness (QED) is 0.403. The van der Waals surface area contributed by atoms with Crippen LogP contribution in [0.3, 0.4) is 0 Å². The number of hydrogen-bond acceptors (Lipinski definition) is 8. The molecule has 3 aromatic rings. The summed E-state index contributed by atoms with van der Waals surface area (Å²) in [4.78, 5) is 40.5. The molecule has 0 unspecified atom stereocenters. The van der Waals surface area contributed by atoms with E-state index in [1.807, 2.05) is 0 Å². The third-order valence-corrected chi connectivity index (χ3v) is 6.33. The van der Waals surface area contributed by atoms with E-state index in [1.165, 1.54) is 63.5 Å². The Kier molecular flexibility index (Phi) is 6.67. The fourth-order valence-corrected chi connectivity index (χ4v) is 3.87. The third kappa shape index (κ3) is 4.79. The molecule has 1 heterocycles. The highest BCUT2D eigenvalue weighted by atomic mass is 32.2. The summed E-state index contributed by atoms with van der Waals surface area (Å²) in [7, 11) is -1.43.